The van der Waals surface area contributed by atoms with E-state index in [1.807, 2.05) is 26.0 Å². The molecule has 3 aromatic rings. The molecule has 162 valence electrons. The lowest BCUT2D eigenvalue weighted by Crippen LogP contribution is -2.21. The van der Waals surface area contributed by atoms with Gasteiger partial charge in [0.15, 0.2) is 5.69 Å². The van der Waals surface area contributed by atoms with E-state index in [9.17, 15) is 22.8 Å². The molecule has 0 bridgehead atoms. The van der Waals surface area contributed by atoms with Gasteiger partial charge >= 0.3 is 6.18 Å². The fourth-order valence-electron chi connectivity index (χ4n) is 2.90. The van der Waals surface area contributed by atoms with E-state index in [1.54, 1.807) is 13.0 Å². The zero-order chi connectivity index (χ0) is 22.8. The largest absolute Gasteiger partial charge is 0.416 e. The van der Waals surface area contributed by atoms with Crippen LogP contribution >= 0.6 is 0 Å². The Kier molecular flexibility index (Phi) is 6.09. The molecule has 0 aliphatic rings. The van der Waals surface area contributed by atoms with Crippen LogP contribution in [0.25, 0.3) is 0 Å². The third-order valence-electron chi connectivity index (χ3n) is 4.82. The van der Waals surface area contributed by atoms with E-state index in [4.69, 9.17) is 0 Å². The summed E-state index contributed by atoms with van der Waals surface area (Å²) < 4.78 is 39.8. The maximum atomic E-state index is 12.8. The van der Waals surface area contributed by atoms with Crippen molar-refractivity contribution in [1.82, 2.24) is 15.0 Å². The number of hydrogen-bond acceptors (Lipinski definition) is 4. The maximum absolute atomic E-state index is 12.8. The minimum absolute atomic E-state index is 0.0264. The Bertz CT molecular complexity index is 1140. The highest BCUT2D eigenvalue weighted by atomic mass is 19.4. The van der Waals surface area contributed by atoms with Crippen LogP contribution in [-0.2, 0) is 17.5 Å². The van der Waals surface area contributed by atoms with E-state index >= 15 is 0 Å². The van der Waals surface area contributed by atoms with Crippen LogP contribution in [0.4, 0.5) is 24.5 Å². The lowest BCUT2D eigenvalue weighted by Gasteiger charge is -2.11. The van der Waals surface area contributed by atoms with E-state index in [0.717, 1.165) is 23.3 Å². The summed E-state index contributed by atoms with van der Waals surface area (Å²) >= 11 is 0. The van der Waals surface area contributed by atoms with Crippen molar-refractivity contribution in [3.05, 3.63) is 70.5 Å². The normalized spacial score (nSPS) is 11.3. The molecule has 3 rings (SSSR count). The molecular formula is C21H20F3N5O2. The van der Waals surface area contributed by atoms with Gasteiger partial charge in [0.25, 0.3) is 5.91 Å². The monoisotopic (exact) mass is 431 g/mol. The lowest BCUT2D eigenvalue weighted by atomic mass is 10.1. The number of carbonyl (C=O) groups excluding carboxylic acids is 2. The Morgan fingerprint density at radius 1 is 1.03 bits per heavy atom. The third kappa shape index (κ3) is 5.08. The topological polar surface area (TPSA) is 88.9 Å². The predicted octanol–water partition coefficient (Wildman–Crippen LogP) is 4.11. The number of aryl methyl sites for hydroxylation is 1. The highest BCUT2D eigenvalue weighted by Crippen LogP contribution is 2.30. The number of amides is 2. The summed E-state index contributed by atoms with van der Waals surface area (Å²) in [5, 5.41) is 12.8. The standard InChI is InChI=1S/C21H20F3N5O2/c1-12-6-4-9-17(13(12)2)26-18(30)11-29-14(3)19(27-28-29)20(31)25-16-8-5-7-15(10-16)21(22,23)24/h4-10H,11H2,1-3H3,(H,25,31)(H,26,30). The Labute approximate surface area is 176 Å². The van der Waals surface area contributed by atoms with Crippen molar-refractivity contribution in [2.75, 3.05) is 10.6 Å². The van der Waals surface area contributed by atoms with Gasteiger partial charge in [-0.3, -0.25) is 9.59 Å². The van der Waals surface area contributed by atoms with Gasteiger partial charge in [0.1, 0.15) is 6.54 Å². The second kappa shape index (κ2) is 8.58. The molecule has 0 saturated carbocycles. The summed E-state index contributed by atoms with van der Waals surface area (Å²) in [6.45, 7) is 5.19. The molecular weight excluding hydrogens is 411 g/mol. The number of aromatic nitrogens is 3. The summed E-state index contributed by atoms with van der Waals surface area (Å²) in [7, 11) is 0. The minimum atomic E-state index is -4.53. The Morgan fingerprint density at radius 2 is 1.74 bits per heavy atom. The van der Waals surface area contributed by atoms with E-state index in [1.165, 1.54) is 16.8 Å². The van der Waals surface area contributed by atoms with Crippen LogP contribution in [0, 0.1) is 20.8 Å². The quantitative estimate of drug-likeness (QED) is 0.636. The first-order valence-corrected chi connectivity index (χ1v) is 9.31. The highest BCUT2D eigenvalue weighted by Gasteiger charge is 2.30. The van der Waals surface area contributed by atoms with Crippen LogP contribution in [0.1, 0.15) is 32.9 Å². The van der Waals surface area contributed by atoms with Gasteiger partial charge in [-0.1, -0.05) is 23.4 Å². The van der Waals surface area contributed by atoms with Crippen molar-refractivity contribution in [3.63, 3.8) is 0 Å². The molecule has 0 aliphatic carbocycles. The van der Waals surface area contributed by atoms with Crippen molar-refractivity contribution in [2.24, 2.45) is 0 Å². The molecule has 2 amide bonds. The maximum Gasteiger partial charge on any atom is 0.416 e. The lowest BCUT2D eigenvalue weighted by molar-refractivity contribution is -0.137. The summed E-state index contributed by atoms with van der Waals surface area (Å²) in [5.74, 6) is -1.08. The number of rotatable bonds is 5. The molecule has 0 unspecified atom stereocenters. The van der Waals surface area contributed by atoms with E-state index in [0.29, 0.717) is 11.4 Å². The van der Waals surface area contributed by atoms with Crippen molar-refractivity contribution in [1.29, 1.82) is 0 Å². The molecule has 2 N–H and O–H groups in total. The number of anilines is 2. The van der Waals surface area contributed by atoms with Gasteiger partial charge < -0.3 is 10.6 Å². The molecule has 0 aliphatic heterocycles. The summed E-state index contributed by atoms with van der Waals surface area (Å²) in [4.78, 5) is 24.9. The van der Waals surface area contributed by atoms with Gasteiger partial charge in [0.05, 0.1) is 11.3 Å². The summed E-state index contributed by atoms with van der Waals surface area (Å²) in [6, 6.07) is 9.81. The van der Waals surface area contributed by atoms with Crippen molar-refractivity contribution in [3.8, 4) is 0 Å². The molecule has 0 atom stereocenters. The van der Waals surface area contributed by atoms with Crippen LogP contribution in [-0.4, -0.2) is 26.8 Å². The molecule has 0 fully saturated rings. The molecule has 10 heteroatoms. The fourth-order valence-corrected chi connectivity index (χ4v) is 2.90. The number of benzene rings is 2. The predicted molar refractivity (Wildman–Crippen MR) is 109 cm³/mol. The highest BCUT2D eigenvalue weighted by molar-refractivity contribution is 6.03. The van der Waals surface area contributed by atoms with Gasteiger partial charge in [-0.2, -0.15) is 13.2 Å². The third-order valence-corrected chi connectivity index (χ3v) is 4.82. The number of nitrogens with one attached hydrogen (secondary N) is 2. The first-order chi connectivity index (χ1) is 14.6. The molecule has 7 nitrogen and oxygen atoms in total. The SMILES string of the molecule is Cc1cccc(NC(=O)Cn2nnc(C(=O)Nc3cccc(C(F)(F)F)c3)c2C)c1C. The smallest absolute Gasteiger partial charge is 0.324 e. The van der Waals surface area contributed by atoms with Gasteiger partial charge in [-0.25, -0.2) is 4.68 Å². The molecule has 0 saturated heterocycles. The van der Waals surface area contributed by atoms with Crippen LogP contribution in [0.15, 0.2) is 42.5 Å². The number of halogens is 3. The number of hydrogen-bond donors (Lipinski definition) is 2. The number of alkyl halides is 3. The van der Waals surface area contributed by atoms with Gasteiger partial charge in [0.2, 0.25) is 5.91 Å². The second-order valence-electron chi connectivity index (χ2n) is 7.01. The van der Waals surface area contributed by atoms with Gasteiger partial charge in [-0.05, 0) is 56.2 Å². The molecule has 1 aromatic heterocycles. The van der Waals surface area contributed by atoms with Crippen LogP contribution in [0.3, 0.4) is 0 Å². The molecule has 31 heavy (non-hydrogen) atoms. The molecule has 0 spiro atoms. The van der Waals surface area contributed by atoms with E-state index in [2.05, 4.69) is 20.9 Å². The van der Waals surface area contributed by atoms with Crippen molar-refractivity contribution in [2.45, 2.75) is 33.5 Å². The van der Waals surface area contributed by atoms with Crippen LogP contribution in [0.2, 0.25) is 0 Å². The number of carbonyl (C=O) groups is 2. The summed E-state index contributed by atoms with van der Waals surface area (Å²) in [5.41, 5.74) is 1.95. The zero-order valence-corrected chi connectivity index (χ0v) is 17.0. The van der Waals surface area contributed by atoms with Gasteiger partial charge in [0, 0.05) is 11.4 Å². The second-order valence-corrected chi connectivity index (χ2v) is 7.01. The average molecular weight is 431 g/mol. The Balaban J connectivity index is 1.70. The average Bonchev–Trinajstić information content (AvgIpc) is 3.05. The Morgan fingerprint density at radius 3 is 2.45 bits per heavy atom. The van der Waals surface area contributed by atoms with Crippen LogP contribution in [0.5, 0.6) is 0 Å². The van der Waals surface area contributed by atoms with E-state index in [-0.39, 0.29) is 23.8 Å². The number of nitrogens with zero attached hydrogens (tertiary/aromatic N) is 3. The van der Waals surface area contributed by atoms with Crippen molar-refractivity contribution >= 4 is 23.2 Å². The minimum Gasteiger partial charge on any atom is -0.324 e. The fraction of sp³-hybridized carbons (Fsp3) is 0.238. The van der Waals surface area contributed by atoms with Crippen LogP contribution < -0.4 is 10.6 Å². The molecule has 0 radical (unpaired) electrons. The molecule has 1 heterocycles. The summed E-state index contributed by atoms with van der Waals surface area (Å²) in [6.07, 6.45) is -4.53. The Hall–Kier alpha value is -3.69. The van der Waals surface area contributed by atoms with Crippen molar-refractivity contribution < 1.29 is 22.8 Å². The van der Waals surface area contributed by atoms with E-state index < -0.39 is 17.6 Å². The molecule has 2 aromatic carbocycles. The first-order valence-electron chi connectivity index (χ1n) is 9.31. The first kappa shape index (κ1) is 22.0. The zero-order valence-electron chi connectivity index (χ0n) is 17.0. The van der Waals surface area contributed by atoms with Gasteiger partial charge in [-0.15, -0.1) is 5.10 Å².